The van der Waals surface area contributed by atoms with Gasteiger partial charge in [-0.3, -0.25) is 14.4 Å². The first-order valence-corrected chi connectivity index (χ1v) is 16.8. The summed E-state index contributed by atoms with van der Waals surface area (Å²) in [7, 11) is 0. The molecular weight excluding hydrogens is 734 g/mol. The van der Waals surface area contributed by atoms with Crippen molar-refractivity contribution >= 4 is 63.1 Å². The number of ether oxygens (including phenoxy) is 3. The maximum absolute atomic E-state index is 13.8. The lowest BCUT2D eigenvalue weighted by Gasteiger charge is -2.39. The predicted octanol–water partition coefficient (Wildman–Crippen LogP) is 8.98. The number of hydrogen-bond donors (Lipinski definition) is 0. The molecule has 0 amide bonds. The van der Waals surface area contributed by atoms with E-state index in [0.717, 1.165) is 51.2 Å². The molecule has 1 saturated carbocycles. The molecule has 40 heavy (non-hydrogen) atoms. The molecule has 2 atom stereocenters. The molecule has 1 aromatic carbocycles. The zero-order chi connectivity index (χ0) is 30.3. The number of carbonyl (C=O) groups excluding carboxylic acids is 3. The fraction of sp³-hybridized carbons (Fsp3) is 0.719. The molecule has 0 N–H and O–H groups in total. The van der Waals surface area contributed by atoms with E-state index in [9.17, 15) is 14.4 Å². The van der Waals surface area contributed by atoms with E-state index in [1.54, 1.807) is 0 Å². The highest BCUT2D eigenvalue weighted by molar-refractivity contribution is 14.1. The first-order chi connectivity index (χ1) is 18.6. The van der Waals surface area contributed by atoms with Gasteiger partial charge in [0, 0.05) is 16.1 Å². The van der Waals surface area contributed by atoms with E-state index in [1.807, 2.05) is 39.8 Å². The van der Waals surface area contributed by atoms with Crippen LogP contribution in [0.1, 0.15) is 125 Å². The number of halogens is 2. The SMILES string of the molecule is CCCCOC(=O)C(C)(CC)CC(CC(C)(C)C(=O)OC1(C(C)C)CCCC1)c1cc(I)cc(I)c1OC(C)=O. The minimum absolute atomic E-state index is 0.216. The summed E-state index contributed by atoms with van der Waals surface area (Å²) in [6.45, 7) is 15.9. The molecule has 0 aliphatic heterocycles. The van der Waals surface area contributed by atoms with Crippen LogP contribution in [0.25, 0.3) is 0 Å². The van der Waals surface area contributed by atoms with Crippen LogP contribution in [0.15, 0.2) is 12.1 Å². The largest absolute Gasteiger partial charge is 0.465 e. The smallest absolute Gasteiger partial charge is 0.312 e. The molecular formula is C32H48I2O6. The van der Waals surface area contributed by atoms with Crippen LogP contribution < -0.4 is 4.74 Å². The van der Waals surface area contributed by atoms with Gasteiger partial charge in [0.05, 0.1) is 21.0 Å². The summed E-state index contributed by atoms with van der Waals surface area (Å²) in [4.78, 5) is 39.3. The van der Waals surface area contributed by atoms with Crippen LogP contribution >= 0.6 is 45.2 Å². The van der Waals surface area contributed by atoms with Gasteiger partial charge in [-0.15, -0.1) is 0 Å². The molecule has 8 heteroatoms. The van der Waals surface area contributed by atoms with E-state index in [2.05, 4.69) is 66.0 Å². The standard InChI is InChI=1S/C32H48I2O6/c1-9-11-16-38-29(37)31(8,10-2)20-23(25-17-24(33)18-26(34)27(25)39-22(5)35)19-30(6,7)28(36)40-32(21(3)4)14-12-13-15-32/h17-18,21,23H,9-16,19-20H2,1-8H3. The molecule has 0 saturated heterocycles. The lowest BCUT2D eigenvalue weighted by Crippen LogP contribution is -2.42. The Bertz CT molecular complexity index is 1040. The molecule has 1 aliphatic carbocycles. The van der Waals surface area contributed by atoms with Gasteiger partial charge < -0.3 is 14.2 Å². The van der Waals surface area contributed by atoms with Crippen molar-refractivity contribution in [2.45, 2.75) is 125 Å². The average molecular weight is 783 g/mol. The van der Waals surface area contributed by atoms with Gasteiger partial charge >= 0.3 is 17.9 Å². The summed E-state index contributed by atoms with van der Waals surface area (Å²) < 4.78 is 19.6. The summed E-state index contributed by atoms with van der Waals surface area (Å²) in [5.41, 5.74) is -1.21. The molecule has 0 spiro atoms. The summed E-state index contributed by atoms with van der Waals surface area (Å²) in [6, 6.07) is 3.97. The van der Waals surface area contributed by atoms with Crippen LogP contribution in [0.5, 0.6) is 5.75 Å². The molecule has 1 aromatic rings. The van der Waals surface area contributed by atoms with Crippen molar-refractivity contribution in [3.8, 4) is 5.75 Å². The number of benzene rings is 1. The zero-order valence-electron chi connectivity index (χ0n) is 25.6. The second-order valence-corrected chi connectivity index (χ2v) is 15.0. The minimum atomic E-state index is -0.837. The topological polar surface area (TPSA) is 78.9 Å². The van der Waals surface area contributed by atoms with Crippen molar-refractivity contribution in [2.75, 3.05) is 6.61 Å². The zero-order valence-corrected chi connectivity index (χ0v) is 29.9. The number of esters is 3. The van der Waals surface area contributed by atoms with Gasteiger partial charge in [0.2, 0.25) is 0 Å². The van der Waals surface area contributed by atoms with E-state index in [1.165, 1.54) is 6.92 Å². The summed E-state index contributed by atoms with van der Waals surface area (Å²) in [5.74, 6) is -0.383. The Morgan fingerprint density at radius 3 is 2.15 bits per heavy atom. The van der Waals surface area contributed by atoms with Gasteiger partial charge in [-0.25, -0.2) is 0 Å². The third-order valence-electron chi connectivity index (χ3n) is 8.53. The molecule has 2 rings (SSSR count). The van der Waals surface area contributed by atoms with E-state index in [0.29, 0.717) is 31.6 Å². The number of hydrogen-bond acceptors (Lipinski definition) is 6. The summed E-state index contributed by atoms with van der Waals surface area (Å²) in [6.07, 6.45) is 7.13. The highest BCUT2D eigenvalue weighted by atomic mass is 127. The normalized spacial score (nSPS) is 17.3. The van der Waals surface area contributed by atoms with E-state index < -0.39 is 22.4 Å². The third kappa shape index (κ3) is 9.04. The van der Waals surface area contributed by atoms with Gasteiger partial charge in [-0.05, 0) is 141 Å². The second kappa shape index (κ2) is 15.0. The van der Waals surface area contributed by atoms with Crippen molar-refractivity contribution in [1.29, 1.82) is 0 Å². The highest BCUT2D eigenvalue weighted by Crippen LogP contribution is 2.48. The van der Waals surface area contributed by atoms with Gasteiger partial charge in [-0.2, -0.15) is 0 Å². The predicted molar refractivity (Wildman–Crippen MR) is 175 cm³/mol. The van der Waals surface area contributed by atoms with Crippen LogP contribution in [0.4, 0.5) is 0 Å². The molecule has 1 fully saturated rings. The van der Waals surface area contributed by atoms with Gasteiger partial charge in [-0.1, -0.05) is 34.1 Å². The third-order valence-corrected chi connectivity index (χ3v) is 9.96. The first kappa shape index (κ1) is 35.3. The quantitative estimate of drug-likeness (QED) is 0.0812. The maximum atomic E-state index is 13.8. The molecule has 0 heterocycles. The number of rotatable bonds is 14. The lowest BCUT2D eigenvalue weighted by molar-refractivity contribution is -0.176. The fourth-order valence-electron chi connectivity index (χ4n) is 5.62. The molecule has 0 aromatic heterocycles. The van der Waals surface area contributed by atoms with Crippen LogP contribution in [-0.4, -0.2) is 30.1 Å². The molecule has 226 valence electrons. The van der Waals surface area contributed by atoms with Crippen molar-refractivity contribution in [1.82, 2.24) is 0 Å². The van der Waals surface area contributed by atoms with Crippen LogP contribution in [0.2, 0.25) is 0 Å². The molecule has 2 unspecified atom stereocenters. The fourth-order valence-corrected chi connectivity index (χ4v) is 7.62. The van der Waals surface area contributed by atoms with Crippen molar-refractivity contribution < 1.29 is 28.6 Å². The Labute approximate surface area is 268 Å². The molecule has 6 nitrogen and oxygen atoms in total. The monoisotopic (exact) mass is 782 g/mol. The van der Waals surface area contributed by atoms with Crippen molar-refractivity contribution in [3.05, 3.63) is 24.8 Å². The van der Waals surface area contributed by atoms with E-state index in [4.69, 9.17) is 14.2 Å². The lowest BCUT2D eigenvalue weighted by atomic mass is 9.70. The van der Waals surface area contributed by atoms with Crippen LogP contribution in [0, 0.1) is 23.9 Å². The number of unbranched alkanes of at least 4 members (excludes halogenated alkanes) is 1. The Kier molecular flexibility index (Phi) is 13.2. The molecule has 0 radical (unpaired) electrons. The summed E-state index contributed by atoms with van der Waals surface area (Å²) >= 11 is 4.45. The van der Waals surface area contributed by atoms with Gasteiger partial charge in [0.25, 0.3) is 0 Å². The second-order valence-electron chi connectivity index (χ2n) is 12.6. The van der Waals surface area contributed by atoms with E-state index >= 15 is 0 Å². The number of carbonyl (C=O) groups is 3. The van der Waals surface area contributed by atoms with Crippen molar-refractivity contribution in [3.63, 3.8) is 0 Å². The van der Waals surface area contributed by atoms with Crippen LogP contribution in [-0.2, 0) is 23.9 Å². The first-order valence-electron chi connectivity index (χ1n) is 14.7. The Morgan fingerprint density at radius 1 is 1.00 bits per heavy atom. The van der Waals surface area contributed by atoms with Crippen molar-refractivity contribution in [2.24, 2.45) is 16.7 Å². The highest BCUT2D eigenvalue weighted by Gasteiger charge is 2.46. The minimum Gasteiger partial charge on any atom is -0.465 e. The Hall–Kier alpha value is -0.910. The Morgan fingerprint density at radius 2 is 1.62 bits per heavy atom. The Balaban J connectivity index is 2.54. The maximum Gasteiger partial charge on any atom is 0.312 e. The van der Waals surface area contributed by atoms with Crippen LogP contribution in [0.3, 0.4) is 0 Å². The summed E-state index contributed by atoms with van der Waals surface area (Å²) in [5, 5.41) is 0. The van der Waals surface area contributed by atoms with Gasteiger partial charge in [0.15, 0.2) is 0 Å². The average Bonchev–Trinajstić information content (AvgIpc) is 3.34. The van der Waals surface area contributed by atoms with E-state index in [-0.39, 0.29) is 23.8 Å². The molecule has 1 aliphatic rings. The molecule has 0 bridgehead atoms. The van der Waals surface area contributed by atoms with Gasteiger partial charge in [0.1, 0.15) is 11.4 Å².